The summed E-state index contributed by atoms with van der Waals surface area (Å²) in [5.74, 6) is -0.567. The first kappa shape index (κ1) is 31.8. The van der Waals surface area contributed by atoms with Crippen LogP contribution in [0.5, 0.6) is 5.75 Å². The summed E-state index contributed by atoms with van der Waals surface area (Å²) in [4.78, 5) is 3.72. The first-order chi connectivity index (χ1) is 17.4. The number of azo groups is 1. The number of hydrogen-bond acceptors (Lipinski definition) is 10. The summed E-state index contributed by atoms with van der Waals surface area (Å²) in [5, 5.41) is 21.2. The molecule has 0 saturated carbocycles. The van der Waals surface area contributed by atoms with Gasteiger partial charge in [-0.2, -0.15) is 18.6 Å². The first-order valence-corrected chi connectivity index (χ1v) is 14.2. The molecule has 15 heteroatoms. The van der Waals surface area contributed by atoms with Gasteiger partial charge in [-0.1, -0.05) is 36.1 Å². The van der Waals surface area contributed by atoms with E-state index in [4.69, 9.17) is 0 Å². The first-order valence-electron chi connectivity index (χ1n) is 10.5. The van der Waals surface area contributed by atoms with Gasteiger partial charge in [-0.05, 0) is 59.7 Å². The smallest absolute Gasteiger partial charge is 0.871 e. The minimum atomic E-state index is -4.86. The van der Waals surface area contributed by atoms with Gasteiger partial charge in [-0.15, -0.1) is 11.3 Å². The Bertz CT molecular complexity index is 1960. The van der Waals surface area contributed by atoms with E-state index in [1.54, 1.807) is 49.4 Å². The van der Waals surface area contributed by atoms with E-state index in [0.717, 1.165) is 17.4 Å². The van der Waals surface area contributed by atoms with Gasteiger partial charge in [0.05, 0.1) is 26.5 Å². The third kappa shape index (κ3) is 6.44. The van der Waals surface area contributed by atoms with E-state index in [0.29, 0.717) is 32.0 Å². The second kappa shape index (κ2) is 12.0. The largest absolute Gasteiger partial charge is 1.00 e. The molecule has 1 heterocycles. The molecular formula is C24H15N3Na2O7S3. The summed E-state index contributed by atoms with van der Waals surface area (Å²) in [6, 6.07) is 16.5. The molecule has 0 aliphatic carbocycles. The monoisotopic (exact) mass is 599 g/mol. The van der Waals surface area contributed by atoms with E-state index in [-0.39, 0.29) is 80.5 Å². The van der Waals surface area contributed by atoms with Crippen LogP contribution in [-0.4, -0.2) is 30.9 Å². The predicted molar refractivity (Wildman–Crippen MR) is 135 cm³/mol. The average molecular weight is 600 g/mol. The number of fused-ring (bicyclic) bond motifs is 2. The van der Waals surface area contributed by atoms with Gasteiger partial charge >= 0.3 is 59.1 Å². The zero-order valence-corrected chi connectivity index (χ0v) is 27.3. The normalized spacial score (nSPS) is 12.0. The second-order valence-electron chi connectivity index (χ2n) is 8.02. The maximum absolute atomic E-state index is 12.8. The molecule has 5 rings (SSSR count). The molecule has 5 aromatic rings. The SMILES string of the molecule is Cc1ccc2nc(-c3ccc(N=Nc4cc(S(=O)(=O)[O-])c5ccccc5c4[O-])cc3)sc2c1S(=O)(=O)O.[Na+].[Na+]. The molecule has 39 heavy (non-hydrogen) atoms. The molecule has 0 aliphatic heterocycles. The van der Waals surface area contributed by atoms with Crippen LogP contribution in [0.15, 0.2) is 86.7 Å². The van der Waals surface area contributed by atoms with E-state index in [1.165, 1.54) is 18.2 Å². The van der Waals surface area contributed by atoms with Crippen molar-refractivity contribution in [2.45, 2.75) is 16.7 Å². The molecule has 0 spiro atoms. The predicted octanol–water partition coefficient (Wildman–Crippen LogP) is -0.927. The van der Waals surface area contributed by atoms with Crippen molar-refractivity contribution in [3.05, 3.63) is 72.3 Å². The summed E-state index contributed by atoms with van der Waals surface area (Å²) in [6.45, 7) is 1.58. The molecule has 0 radical (unpaired) electrons. The molecule has 10 nitrogen and oxygen atoms in total. The van der Waals surface area contributed by atoms with Gasteiger partial charge in [0, 0.05) is 5.56 Å². The fourth-order valence-electron chi connectivity index (χ4n) is 3.88. The number of benzene rings is 4. The molecule has 0 saturated heterocycles. The van der Waals surface area contributed by atoms with Gasteiger partial charge in [-0.3, -0.25) is 4.55 Å². The van der Waals surface area contributed by atoms with Gasteiger partial charge in [0.25, 0.3) is 10.1 Å². The topological polar surface area (TPSA) is 172 Å². The van der Waals surface area contributed by atoms with Crippen molar-refractivity contribution in [1.29, 1.82) is 0 Å². The Balaban J connectivity index is 0.00000210. The van der Waals surface area contributed by atoms with Crippen molar-refractivity contribution in [3.63, 3.8) is 0 Å². The number of hydrogen-bond donors (Lipinski definition) is 1. The molecule has 0 bridgehead atoms. The molecular weight excluding hydrogens is 584 g/mol. The number of aromatic nitrogens is 1. The average Bonchev–Trinajstić information content (AvgIpc) is 3.26. The Labute approximate surface area is 271 Å². The van der Waals surface area contributed by atoms with Crippen LogP contribution in [0.2, 0.25) is 0 Å². The summed E-state index contributed by atoms with van der Waals surface area (Å²) in [6.07, 6.45) is 0. The van der Waals surface area contributed by atoms with Crippen molar-refractivity contribution < 1.29 is 90.2 Å². The van der Waals surface area contributed by atoms with Crippen LogP contribution in [0.3, 0.4) is 0 Å². The van der Waals surface area contributed by atoms with Crippen LogP contribution >= 0.6 is 11.3 Å². The molecule has 1 N–H and O–H groups in total. The zero-order valence-electron chi connectivity index (χ0n) is 20.8. The van der Waals surface area contributed by atoms with Gasteiger partial charge in [0.1, 0.15) is 20.0 Å². The van der Waals surface area contributed by atoms with Gasteiger partial charge in [0.2, 0.25) is 0 Å². The molecule has 188 valence electrons. The Morgan fingerprint density at radius 3 is 2.15 bits per heavy atom. The molecule has 0 unspecified atom stereocenters. The quantitative estimate of drug-likeness (QED) is 0.153. The van der Waals surface area contributed by atoms with Crippen molar-refractivity contribution in [3.8, 4) is 16.3 Å². The molecule has 0 aliphatic rings. The van der Waals surface area contributed by atoms with Crippen molar-refractivity contribution in [2.24, 2.45) is 10.2 Å². The fourth-order valence-corrected chi connectivity index (χ4v) is 6.90. The minimum absolute atomic E-state index is 0. The van der Waals surface area contributed by atoms with E-state index < -0.39 is 30.9 Å². The van der Waals surface area contributed by atoms with Crippen LogP contribution in [0.4, 0.5) is 11.4 Å². The second-order valence-corrected chi connectivity index (χ2v) is 11.7. The summed E-state index contributed by atoms with van der Waals surface area (Å²) in [5.41, 5.74) is 1.51. The number of aryl methyl sites for hydroxylation is 1. The minimum Gasteiger partial charge on any atom is -0.871 e. The van der Waals surface area contributed by atoms with Crippen LogP contribution in [0, 0.1) is 6.92 Å². The molecule has 4 aromatic carbocycles. The summed E-state index contributed by atoms with van der Waals surface area (Å²) >= 11 is 1.11. The van der Waals surface area contributed by atoms with Crippen LogP contribution in [-0.2, 0) is 20.2 Å². The third-order valence-electron chi connectivity index (χ3n) is 5.56. The molecule has 0 amide bonds. The number of thiazole rings is 1. The molecule has 0 fully saturated rings. The summed E-state index contributed by atoms with van der Waals surface area (Å²) < 4.78 is 68.9. The van der Waals surface area contributed by atoms with Gasteiger partial charge in [0.15, 0.2) is 0 Å². The van der Waals surface area contributed by atoms with Crippen LogP contribution in [0.1, 0.15) is 5.56 Å². The number of rotatable bonds is 5. The fraction of sp³-hybridized carbons (Fsp3) is 0.0417. The zero-order chi connectivity index (χ0) is 26.5. The van der Waals surface area contributed by atoms with Crippen molar-refractivity contribution in [1.82, 2.24) is 4.98 Å². The van der Waals surface area contributed by atoms with Gasteiger partial charge in [-0.25, -0.2) is 13.4 Å². The Hall–Kier alpha value is -1.75. The molecule has 1 aromatic heterocycles. The van der Waals surface area contributed by atoms with E-state index in [1.807, 2.05) is 0 Å². The van der Waals surface area contributed by atoms with Crippen LogP contribution in [0.25, 0.3) is 31.6 Å². The van der Waals surface area contributed by atoms with Crippen molar-refractivity contribution >= 4 is 63.9 Å². The Kier molecular flexibility index (Phi) is 9.78. The maximum atomic E-state index is 12.8. The Morgan fingerprint density at radius 2 is 1.54 bits per heavy atom. The number of nitrogens with zero attached hydrogens (tertiary/aromatic N) is 3. The maximum Gasteiger partial charge on any atom is 1.00 e. The summed E-state index contributed by atoms with van der Waals surface area (Å²) in [7, 11) is -9.30. The van der Waals surface area contributed by atoms with Gasteiger partial charge < -0.3 is 9.66 Å². The van der Waals surface area contributed by atoms with E-state index in [9.17, 15) is 31.0 Å². The van der Waals surface area contributed by atoms with E-state index in [2.05, 4.69) is 15.2 Å². The third-order valence-corrected chi connectivity index (χ3v) is 8.75. The molecule has 0 atom stereocenters. The van der Waals surface area contributed by atoms with Crippen LogP contribution < -0.4 is 64.2 Å². The van der Waals surface area contributed by atoms with E-state index >= 15 is 0 Å². The Morgan fingerprint density at radius 1 is 0.897 bits per heavy atom. The standard InChI is InChI=1S/C24H17N3O7S3.2Na/c1-13-6-11-18-22(23(13)37(32,33)34)35-24(25-18)14-7-9-15(10-8-14)26-27-19-12-20(36(29,30)31)16-4-2-3-5-17(16)21(19)28;;/h2-12,28H,1H3,(H,29,30,31)(H,32,33,34);;/q;2*+1/p-2. The van der Waals surface area contributed by atoms with Crippen molar-refractivity contribution in [2.75, 3.05) is 0 Å².